The molecule has 1 heterocycles. The fraction of sp³-hybridized carbons (Fsp3) is 0.917. The lowest BCUT2D eigenvalue weighted by Crippen LogP contribution is -2.50. The van der Waals surface area contributed by atoms with Gasteiger partial charge in [-0.25, -0.2) is 0 Å². The Bertz CT molecular complexity index is 408. The van der Waals surface area contributed by atoms with Crippen molar-refractivity contribution in [1.82, 2.24) is 8.61 Å². The molecule has 19 heavy (non-hydrogen) atoms. The average molecular weight is 291 g/mol. The Kier molecular flexibility index (Phi) is 5.76. The maximum absolute atomic E-state index is 12.5. The van der Waals surface area contributed by atoms with E-state index >= 15 is 0 Å². The Balaban J connectivity index is 2.87. The Hall–Kier alpha value is -0.660. The van der Waals surface area contributed by atoms with Crippen molar-refractivity contribution in [2.45, 2.75) is 33.6 Å². The quantitative estimate of drug-likeness (QED) is 0.769. The van der Waals surface area contributed by atoms with E-state index in [4.69, 9.17) is 5.73 Å². The summed E-state index contributed by atoms with van der Waals surface area (Å²) >= 11 is 0. The van der Waals surface area contributed by atoms with Crippen LogP contribution in [0, 0.1) is 11.8 Å². The number of piperidine rings is 1. The van der Waals surface area contributed by atoms with Gasteiger partial charge in [-0.2, -0.15) is 17.0 Å². The minimum atomic E-state index is -3.58. The predicted molar refractivity (Wildman–Crippen MR) is 74.5 cm³/mol. The number of hydrogen-bond acceptors (Lipinski definition) is 3. The van der Waals surface area contributed by atoms with Crippen LogP contribution in [0.25, 0.3) is 0 Å². The Morgan fingerprint density at radius 1 is 1.47 bits per heavy atom. The van der Waals surface area contributed by atoms with Crippen molar-refractivity contribution in [3.8, 4) is 0 Å². The molecule has 0 aromatic carbocycles. The molecule has 7 heteroatoms. The topological polar surface area (TPSA) is 83.7 Å². The number of nitrogens with two attached hydrogens (primary N) is 1. The fourth-order valence-electron chi connectivity index (χ4n) is 2.34. The van der Waals surface area contributed by atoms with Crippen molar-refractivity contribution in [2.24, 2.45) is 17.6 Å². The maximum atomic E-state index is 12.5. The lowest BCUT2D eigenvalue weighted by molar-refractivity contribution is -0.118. The molecule has 112 valence electrons. The number of hydrogen-bond donors (Lipinski definition) is 1. The van der Waals surface area contributed by atoms with Crippen LogP contribution in [0.5, 0.6) is 0 Å². The lowest BCUT2D eigenvalue weighted by Gasteiger charge is -2.34. The minimum Gasteiger partial charge on any atom is -0.369 e. The van der Waals surface area contributed by atoms with Gasteiger partial charge in [-0.3, -0.25) is 4.79 Å². The highest BCUT2D eigenvalue weighted by Crippen LogP contribution is 2.21. The van der Waals surface area contributed by atoms with Crippen molar-refractivity contribution in [1.29, 1.82) is 0 Å². The van der Waals surface area contributed by atoms with Gasteiger partial charge in [-0.05, 0) is 24.7 Å². The van der Waals surface area contributed by atoms with Gasteiger partial charge in [0, 0.05) is 19.6 Å². The SMILES string of the molecule is CC(C)CN(CC(N)=O)S(=O)(=O)N1CCCC(C)C1. The van der Waals surface area contributed by atoms with Crippen LogP contribution in [0.2, 0.25) is 0 Å². The summed E-state index contributed by atoms with van der Waals surface area (Å²) in [5.41, 5.74) is 5.16. The normalized spacial score (nSPS) is 22.1. The second-order valence-corrected chi connectivity index (χ2v) is 7.69. The van der Waals surface area contributed by atoms with E-state index in [1.807, 2.05) is 20.8 Å². The van der Waals surface area contributed by atoms with Gasteiger partial charge in [-0.1, -0.05) is 20.8 Å². The van der Waals surface area contributed by atoms with Crippen molar-refractivity contribution in [3.63, 3.8) is 0 Å². The van der Waals surface area contributed by atoms with Crippen molar-refractivity contribution in [3.05, 3.63) is 0 Å². The van der Waals surface area contributed by atoms with Gasteiger partial charge >= 0.3 is 0 Å². The molecule has 1 aliphatic heterocycles. The summed E-state index contributed by atoms with van der Waals surface area (Å²) in [6, 6.07) is 0. The van der Waals surface area contributed by atoms with E-state index in [2.05, 4.69) is 0 Å². The molecule has 0 aromatic heterocycles. The lowest BCUT2D eigenvalue weighted by atomic mass is 10.0. The second-order valence-electron chi connectivity index (χ2n) is 5.77. The van der Waals surface area contributed by atoms with E-state index in [0.717, 1.165) is 12.8 Å². The molecule has 1 rings (SSSR count). The van der Waals surface area contributed by atoms with E-state index in [1.54, 1.807) is 0 Å². The zero-order valence-corrected chi connectivity index (χ0v) is 12.8. The molecule has 1 amide bonds. The first-order valence-corrected chi connectivity index (χ1v) is 8.16. The van der Waals surface area contributed by atoms with Crippen LogP contribution in [0.15, 0.2) is 0 Å². The van der Waals surface area contributed by atoms with Crippen molar-refractivity contribution in [2.75, 3.05) is 26.2 Å². The molecule has 1 aliphatic rings. The molecule has 0 aliphatic carbocycles. The van der Waals surface area contributed by atoms with E-state index in [1.165, 1.54) is 8.61 Å². The predicted octanol–water partition coefficient (Wildman–Crippen LogP) is 0.406. The number of carbonyl (C=O) groups excluding carboxylic acids is 1. The van der Waals surface area contributed by atoms with Gasteiger partial charge in [-0.15, -0.1) is 0 Å². The summed E-state index contributed by atoms with van der Waals surface area (Å²) in [4.78, 5) is 11.1. The molecule has 1 saturated heterocycles. The van der Waals surface area contributed by atoms with E-state index in [9.17, 15) is 13.2 Å². The third kappa shape index (κ3) is 4.74. The van der Waals surface area contributed by atoms with E-state index < -0.39 is 16.1 Å². The number of amides is 1. The first-order chi connectivity index (χ1) is 8.73. The number of carbonyl (C=O) groups is 1. The minimum absolute atomic E-state index is 0.149. The second kappa shape index (κ2) is 6.67. The van der Waals surface area contributed by atoms with Crippen molar-refractivity contribution < 1.29 is 13.2 Å². The van der Waals surface area contributed by atoms with Gasteiger partial charge in [0.05, 0.1) is 6.54 Å². The highest BCUT2D eigenvalue weighted by atomic mass is 32.2. The van der Waals surface area contributed by atoms with Crippen LogP contribution in [0.4, 0.5) is 0 Å². The molecule has 0 radical (unpaired) electrons. The molecule has 0 saturated carbocycles. The van der Waals surface area contributed by atoms with Gasteiger partial charge in [0.1, 0.15) is 0 Å². The molecular weight excluding hydrogens is 266 g/mol. The average Bonchev–Trinajstić information content (AvgIpc) is 2.26. The van der Waals surface area contributed by atoms with Gasteiger partial charge in [0.25, 0.3) is 10.2 Å². The third-order valence-electron chi connectivity index (χ3n) is 3.17. The summed E-state index contributed by atoms with van der Waals surface area (Å²) in [5, 5.41) is 0. The molecule has 0 aromatic rings. The largest absolute Gasteiger partial charge is 0.369 e. The molecule has 1 fully saturated rings. The number of rotatable bonds is 6. The van der Waals surface area contributed by atoms with Crippen LogP contribution in [0.1, 0.15) is 33.6 Å². The molecule has 0 bridgehead atoms. The number of primary amides is 1. The van der Waals surface area contributed by atoms with E-state index in [0.29, 0.717) is 25.6 Å². The molecule has 1 unspecified atom stereocenters. The number of nitrogens with zero attached hydrogens (tertiary/aromatic N) is 2. The van der Waals surface area contributed by atoms with Crippen LogP contribution < -0.4 is 5.73 Å². The smallest absolute Gasteiger partial charge is 0.282 e. The molecule has 0 spiro atoms. The standard InChI is InChI=1S/C12H25N3O3S/c1-10(2)7-15(9-12(13)16)19(17,18)14-6-4-5-11(3)8-14/h10-11H,4-9H2,1-3H3,(H2,13,16). The van der Waals surface area contributed by atoms with Crippen LogP contribution in [0.3, 0.4) is 0 Å². The van der Waals surface area contributed by atoms with Gasteiger partial charge in [0.2, 0.25) is 5.91 Å². The molecular formula is C12H25N3O3S. The van der Waals surface area contributed by atoms with Crippen molar-refractivity contribution >= 4 is 16.1 Å². The van der Waals surface area contributed by atoms with Gasteiger partial charge in [0.15, 0.2) is 0 Å². The molecule has 6 nitrogen and oxygen atoms in total. The van der Waals surface area contributed by atoms with Crippen LogP contribution in [-0.2, 0) is 15.0 Å². The summed E-state index contributed by atoms with van der Waals surface area (Å²) in [7, 11) is -3.58. The zero-order valence-electron chi connectivity index (χ0n) is 12.0. The first-order valence-electron chi connectivity index (χ1n) is 6.77. The first kappa shape index (κ1) is 16.4. The zero-order chi connectivity index (χ0) is 14.6. The Morgan fingerprint density at radius 2 is 2.11 bits per heavy atom. The summed E-state index contributed by atoms with van der Waals surface area (Å²) in [5.74, 6) is -0.108. The maximum Gasteiger partial charge on any atom is 0.282 e. The third-order valence-corrected chi connectivity index (χ3v) is 5.09. The summed E-state index contributed by atoms with van der Waals surface area (Å²) < 4.78 is 27.8. The monoisotopic (exact) mass is 291 g/mol. The Labute approximate surface area is 116 Å². The summed E-state index contributed by atoms with van der Waals surface area (Å²) in [6.07, 6.45) is 1.92. The summed E-state index contributed by atoms with van der Waals surface area (Å²) in [6.45, 7) is 7.00. The van der Waals surface area contributed by atoms with Crippen LogP contribution >= 0.6 is 0 Å². The molecule has 1 atom stereocenters. The highest BCUT2D eigenvalue weighted by Gasteiger charge is 2.33. The highest BCUT2D eigenvalue weighted by molar-refractivity contribution is 7.86. The van der Waals surface area contributed by atoms with E-state index in [-0.39, 0.29) is 12.5 Å². The van der Waals surface area contributed by atoms with Gasteiger partial charge < -0.3 is 5.73 Å². The molecule has 2 N–H and O–H groups in total. The fourth-order valence-corrected chi connectivity index (χ4v) is 4.25. The Morgan fingerprint density at radius 3 is 2.58 bits per heavy atom. The van der Waals surface area contributed by atoms with Crippen LogP contribution in [-0.4, -0.2) is 49.1 Å².